The molecule has 0 saturated carbocycles. The van der Waals surface area contributed by atoms with Gasteiger partial charge in [0.05, 0.1) is 6.61 Å². The fourth-order valence-corrected chi connectivity index (χ4v) is 1.11. The Kier molecular flexibility index (Phi) is 3.01. The van der Waals surface area contributed by atoms with Crippen LogP contribution in [0.4, 0.5) is 0 Å². The SMILES string of the molecule is [CH2]CNC1CCCOC1. The molecule has 53 valence electrons. The summed E-state index contributed by atoms with van der Waals surface area (Å²) in [7, 11) is 0. The van der Waals surface area contributed by atoms with Crippen molar-refractivity contribution < 1.29 is 4.74 Å². The summed E-state index contributed by atoms with van der Waals surface area (Å²) in [6.45, 7) is 6.34. The number of hydrogen-bond donors (Lipinski definition) is 1. The maximum absolute atomic E-state index is 5.24. The molecule has 1 radical (unpaired) electrons. The molecule has 9 heavy (non-hydrogen) atoms. The smallest absolute Gasteiger partial charge is 0.0619 e. The molecule has 0 spiro atoms. The zero-order chi connectivity index (χ0) is 6.53. The third-order valence-electron chi connectivity index (χ3n) is 1.59. The molecule has 2 nitrogen and oxygen atoms in total. The van der Waals surface area contributed by atoms with Crippen LogP contribution >= 0.6 is 0 Å². The lowest BCUT2D eigenvalue weighted by molar-refractivity contribution is 0.0716. The van der Waals surface area contributed by atoms with Gasteiger partial charge in [-0.25, -0.2) is 0 Å². The fraction of sp³-hybridized carbons (Fsp3) is 0.857. The first-order valence-corrected chi connectivity index (χ1v) is 3.54. The number of nitrogens with one attached hydrogen (secondary N) is 1. The van der Waals surface area contributed by atoms with E-state index in [1.165, 1.54) is 12.8 Å². The zero-order valence-electron chi connectivity index (χ0n) is 5.73. The molecule has 1 atom stereocenters. The van der Waals surface area contributed by atoms with Crippen LogP contribution in [0.1, 0.15) is 12.8 Å². The molecule has 1 heterocycles. The van der Waals surface area contributed by atoms with Gasteiger partial charge in [0.2, 0.25) is 0 Å². The highest BCUT2D eigenvalue weighted by Crippen LogP contribution is 2.04. The van der Waals surface area contributed by atoms with Crippen LogP contribution in [0.25, 0.3) is 0 Å². The molecule has 1 fully saturated rings. The topological polar surface area (TPSA) is 21.3 Å². The summed E-state index contributed by atoms with van der Waals surface area (Å²) in [5.74, 6) is 0. The molecule has 0 aromatic rings. The van der Waals surface area contributed by atoms with Gasteiger partial charge in [0, 0.05) is 12.6 Å². The highest BCUT2D eigenvalue weighted by Gasteiger charge is 2.10. The second-order valence-corrected chi connectivity index (χ2v) is 2.37. The first-order chi connectivity index (χ1) is 4.43. The van der Waals surface area contributed by atoms with Gasteiger partial charge < -0.3 is 10.1 Å². The predicted molar refractivity (Wildman–Crippen MR) is 37.2 cm³/mol. The van der Waals surface area contributed by atoms with Gasteiger partial charge >= 0.3 is 0 Å². The summed E-state index contributed by atoms with van der Waals surface area (Å²) < 4.78 is 5.24. The van der Waals surface area contributed by atoms with E-state index in [1.807, 2.05) is 0 Å². The molecule has 1 rings (SSSR count). The Morgan fingerprint density at radius 1 is 1.67 bits per heavy atom. The highest BCUT2D eigenvalue weighted by atomic mass is 16.5. The average molecular weight is 128 g/mol. The van der Waals surface area contributed by atoms with E-state index in [-0.39, 0.29) is 0 Å². The standard InChI is InChI=1S/C7H14NO/c1-2-8-7-4-3-5-9-6-7/h7-8H,1-6H2. The highest BCUT2D eigenvalue weighted by molar-refractivity contribution is 4.69. The van der Waals surface area contributed by atoms with Gasteiger partial charge in [-0.2, -0.15) is 0 Å². The lowest BCUT2D eigenvalue weighted by Crippen LogP contribution is -2.36. The molecule has 1 unspecified atom stereocenters. The Morgan fingerprint density at radius 3 is 3.11 bits per heavy atom. The van der Waals surface area contributed by atoms with Gasteiger partial charge in [0.25, 0.3) is 0 Å². The second-order valence-electron chi connectivity index (χ2n) is 2.37. The molecule has 0 aromatic heterocycles. The van der Waals surface area contributed by atoms with Crippen LogP contribution in [0.2, 0.25) is 0 Å². The molecule has 1 aliphatic rings. The Balaban J connectivity index is 2.08. The van der Waals surface area contributed by atoms with E-state index in [9.17, 15) is 0 Å². The van der Waals surface area contributed by atoms with E-state index in [0.717, 1.165) is 19.8 Å². The number of rotatable bonds is 2. The monoisotopic (exact) mass is 128 g/mol. The molecule has 0 bridgehead atoms. The second kappa shape index (κ2) is 3.85. The zero-order valence-corrected chi connectivity index (χ0v) is 5.73. The molecule has 0 amide bonds. The van der Waals surface area contributed by atoms with Crippen molar-refractivity contribution in [2.45, 2.75) is 18.9 Å². The fourth-order valence-electron chi connectivity index (χ4n) is 1.11. The Bertz CT molecular complexity index is 66.6. The summed E-state index contributed by atoms with van der Waals surface area (Å²) in [5.41, 5.74) is 0. The van der Waals surface area contributed by atoms with Crippen molar-refractivity contribution in [3.05, 3.63) is 6.92 Å². The summed E-state index contributed by atoms with van der Waals surface area (Å²) in [4.78, 5) is 0. The van der Waals surface area contributed by atoms with Crippen LogP contribution in [0.15, 0.2) is 0 Å². The Morgan fingerprint density at radius 2 is 2.56 bits per heavy atom. The maximum atomic E-state index is 5.24. The Hall–Kier alpha value is -0.0800. The first kappa shape index (κ1) is 7.03. The van der Waals surface area contributed by atoms with Crippen molar-refractivity contribution in [2.75, 3.05) is 19.8 Å². The van der Waals surface area contributed by atoms with Gasteiger partial charge in [0.15, 0.2) is 0 Å². The molecule has 1 aliphatic heterocycles. The predicted octanol–water partition coefficient (Wildman–Crippen LogP) is 0.589. The van der Waals surface area contributed by atoms with Crippen LogP contribution in [0.3, 0.4) is 0 Å². The quantitative estimate of drug-likeness (QED) is 0.587. The minimum atomic E-state index is 0.566. The first-order valence-electron chi connectivity index (χ1n) is 3.54. The summed E-state index contributed by atoms with van der Waals surface area (Å²) in [6.07, 6.45) is 2.44. The van der Waals surface area contributed by atoms with Gasteiger partial charge in [-0.05, 0) is 26.3 Å². The lowest BCUT2D eigenvalue weighted by Gasteiger charge is -2.22. The van der Waals surface area contributed by atoms with Crippen LogP contribution < -0.4 is 5.32 Å². The van der Waals surface area contributed by atoms with Crippen molar-refractivity contribution in [3.8, 4) is 0 Å². The Labute approximate surface area is 56.6 Å². The number of hydrogen-bond acceptors (Lipinski definition) is 2. The molecular weight excluding hydrogens is 114 g/mol. The van der Waals surface area contributed by atoms with Crippen LogP contribution in [-0.2, 0) is 4.74 Å². The van der Waals surface area contributed by atoms with Gasteiger partial charge in [0.1, 0.15) is 0 Å². The van der Waals surface area contributed by atoms with Crippen molar-refractivity contribution in [1.29, 1.82) is 0 Å². The molecular formula is C7H14NO. The van der Waals surface area contributed by atoms with Crippen LogP contribution in [0.5, 0.6) is 0 Å². The van der Waals surface area contributed by atoms with Crippen molar-refractivity contribution >= 4 is 0 Å². The normalized spacial score (nSPS) is 28.3. The van der Waals surface area contributed by atoms with Gasteiger partial charge in [-0.15, -0.1) is 0 Å². The van der Waals surface area contributed by atoms with E-state index >= 15 is 0 Å². The van der Waals surface area contributed by atoms with E-state index < -0.39 is 0 Å². The summed E-state index contributed by atoms with van der Waals surface area (Å²) >= 11 is 0. The minimum Gasteiger partial charge on any atom is -0.380 e. The average Bonchev–Trinajstić information content (AvgIpc) is 1.91. The summed E-state index contributed by atoms with van der Waals surface area (Å²) in [6, 6.07) is 0.566. The van der Waals surface area contributed by atoms with E-state index in [2.05, 4.69) is 12.2 Å². The van der Waals surface area contributed by atoms with E-state index in [1.54, 1.807) is 0 Å². The van der Waals surface area contributed by atoms with Crippen LogP contribution in [-0.4, -0.2) is 25.8 Å². The largest absolute Gasteiger partial charge is 0.380 e. The molecule has 1 N–H and O–H groups in total. The number of ether oxygens (including phenoxy) is 1. The van der Waals surface area contributed by atoms with Crippen molar-refractivity contribution in [2.24, 2.45) is 0 Å². The van der Waals surface area contributed by atoms with Crippen molar-refractivity contribution in [3.63, 3.8) is 0 Å². The van der Waals surface area contributed by atoms with Gasteiger partial charge in [-0.3, -0.25) is 0 Å². The minimum absolute atomic E-state index is 0.566. The van der Waals surface area contributed by atoms with E-state index in [0.29, 0.717) is 6.04 Å². The maximum Gasteiger partial charge on any atom is 0.0619 e. The third kappa shape index (κ3) is 2.33. The molecule has 0 aliphatic carbocycles. The lowest BCUT2D eigenvalue weighted by atomic mass is 10.1. The van der Waals surface area contributed by atoms with Crippen LogP contribution in [0, 0.1) is 6.92 Å². The molecule has 0 aromatic carbocycles. The molecule has 2 heteroatoms. The summed E-state index contributed by atoms with van der Waals surface area (Å²) in [5, 5.41) is 3.25. The van der Waals surface area contributed by atoms with Gasteiger partial charge in [-0.1, -0.05) is 0 Å². The van der Waals surface area contributed by atoms with E-state index in [4.69, 9.17) is 4.74 Å². The van der Waals surface area contributed by atoms with Crippen molar-refractivity contribution in [1.82, 2.24) is 5.32 Å². The molecule has 1 saturated heterocycles. The third-order valence-corrected chi connectivity index (χ3v) is 1.59.